The lowest BCUT2D eigenvalue weighted by Crippen LogP contribution is -2.30. The summed E-state index contributed by atoms with van der Waals surface area (Å²) in [6.45, 7) is 4.48. The second kappa shape index (κ2) is 5.69. The van der Waals surface area contributed by atoms with Crippen LogP contribution in [0.1, 0.15) is 32.4 Å². The van der Waals surface area contributed by atoms with E-state index in [9.17, 15) is 4.79 Å². The highest BCUT2D eigenvalue weighted by atomic mass is 32.1. The average molecular weight is 268 g/mol. The van der Waals surface area contributed by atoms with Crippen LogP contribution in [0.3, 0.4) is 0 Å². The molecule has 0 bridgehead atoms. The van der Waals surface area contributed by atoms with Gasteiger partial charge in [-0.15, -0.1) is 11.3 Å². The number of ether oxygens (including phenoxy) is 1. The van der Waals surface area contributed by atoms with E-state index in [1.54, 1.807) is 11.3 Å². The third kappa shape index (κ3) is 3.22. The fourth-order valence-corrected chi connectivity index (χ4v) is 2.85. The van der Waals surface area contributed by atoms with Crippen molar-refractivity contribution in [1.82, 2.24) is 4.98 Å². The van der Waals surface area contributed by atoms with Crippen molar-refractivity contribution in [3.8, 4) is 0 Å². The van der Waals surface area contributed by atoms with E-state index in [-0.39, 0.29) is 12.4 Å². The van der Waals surface area contributed by atoms with Crippen molar-refractivity contribution in [3.63, 3.8) is 0 Å². The van der Waals surface area contributed by atoms with Crippen molar-refractivity contribution in [2.45, 2.75) is 39.2 Å². The number of nitrogens with zero attached hydrogens (tertiary/aromatic N) is 2. The lowest BCUT2D eigenvalue weighted by molar-refractivity contribution is -0.142. The van der Waals surface area contributed by atoms with E-state index in [0.717, 1.165) is 16.7 Å². The van der Waals surface area contributed by atoms with Crippen molar-refractivity contribution in [3.05, 3.63) is 11.1 Å². The predicted molar refractivity (Wildman–Crippen MR) is 73.0 cm³/mol. The minimum absolute atomic E-state index is 0.202. The molecule has 1 fully saturated rings. The SMILES string of the molecule is CCOC(=O)Cc1csc(N(C)C(C)C2CC2)n1. The Kier molecular flexibility index (Phi) is 4.22. The molecule has 0 amide bonds. The highest BCUT2D eigenvalue weighted by Crippen LogP contribution is 2.36. The third-order valence-corrected chi connectivity index (χ3v) is 4.37. The smallest absolute Gasteiger partial charge is 0.311 e. The third-order valence-electron chi connectivity index (χ3n) is 3.39. The minimum atomic E-state index is -0.202. The van der Waals surface area contributed by atoms with E-state index < -0.39 is 0 Å². The van der Waals surface area contributed by atoms with E-state index in [0.29, 0.717) is 12.6 Å². The number of carbonyl (C=O) groups excluding carboxylic acids is 1. The van der Waals surface area contributed by atoms with Gasteiger partial charge in [-0.25, -0.2) is 4.98 Å². The molecule has 1 aliphatic rings. The predicted octanol–water partition coefficient (Wildman–Crippen LogP) is 2.48. The summed E-state index contributed by atoms with van der Waals surface area (Å²) in [7, 11) is 2.08. The summed E-state index contributed by atoms with van der Waals surface area (Å²) in [4.78, 5) is 18.1. The van der Waals surface area contributed by atoms with Gasteiger partial charge in [0.1, 0.15) is 0 Å². The summed E-state index contributed by atoms with van der Waals surface area (Å²) in [6.07, 6.45) is 2.93. The Morgan fingerprint density at radius 3 is 3.00 bits per heavy atom. The second-order valence-corrected chi connectivity index (χ2v) is 5.63. The summed E-state index contributed by atoms with van der Waals surface area (Å²) < 4.78 is 4.92. The first-order chi connectivity index (χ1) is 8.61. The van der Waals surface area contributed by atoms with Gasteiger partial charge in [-0.2, -0.15) is 0 Å². The topological polar surface area (TPSA) is 42.4 Å². The summed E-state index contributed by atoms with van der Waals surface area (Å²) in [6, 6.07) is 0.534. The van der Waals surface area contributed by atoms with Crippen LogP contribution in [0.25, 0.3) is 0 Å². The van der Waals surface area contributed by atoms with Crippen LogP contribution in [0, 0.1) is 5.92 Å². The Labute approximate surface area is 112 Å². The molecule has 0 spiro atoms. The first kappa shape index (κ1) is 13.3. The molecule has 1 unspecified atom stereocenters. The van der Waals surface area contributed by atoms with Gasteiger partial charge < -0.3 is 9.64 Å². The number of aromatic nitrogens is 1. The molecule has 1 aromatic heterocycles. The first-order valence-electron chi connectivity index (χ1n) is 6.44. The second-order valence-electron chi connectivity index (χ2n) is 4.79. The van der Waals surface area contributed by atoms with Crippen molar-refractivity contribution in [2.75, 3.05) is 18.6 Å². The van der Waals surface area contributed by atoms with Crippen LogP contribution in [0.15, 0.2) is 5.38 Å². The van der Waals surface area contributed by atoms with Gasteiger partial charge in [0.15, 0.2) is 5.13 Å². The minimum Gasteiger partial charge on any atom is -0.466 e. The Hall–Kier alpha value is -1.10. The molecule has 0 aromatic carbocycles. The number of anilines is 1. The summed E-state index contributed by atoms with van der Waals surface area (Å²) >= 11 is 1.60. The molecule has 1 aliphatic carbocycles. The van der Waals surface area contributed by atoms with E-state index in [2.05, 4.69) is 23.9 Å². The van der Waals surface area contributed by atoms with Gasteiger partial charge in [-0.05, 0) is 32.6 Å². The van der Waals surface area contributed by atoms with Crippen molar-refractivity contribution in [2.24, 2.45) is 5.92 Å². The highest BCUT2D eigenvalue weighted by Gasteiger charge is 2.31. The van der Waals surface area contributed by atoms with Crippen molar-refractivity contribution >= 4 is 22.4 Å². The Balaban J connectivity index is 1.94. The normalized spacial score (nSPS) is 16.4. The van der Waals surface area contributed by atoms with Gasteiger partial charge in [0.25, 0.3) is 0 Å². The molecule has 1 saturated carbocycles. The van der Waals surface area contributed by atoms with Crippen LogP contribution < -0.4 is 4.90 Å². The van der Waals surface area contributed by atoms with Crippen LogP contribution in [-0.2, 0) is 16.0 Å². The fraction of sp³-hybridized carbons (Fsp3) is 0.692. The zero-order valence-corrected chi connectivity index (χ0v) is 12.0. The number of esters is 1. The van der Waals surface area contributed by atoms with Crippen LogP contribution in [-0.4, -0.2) is 30.6 Å². The maximum absolute atomic E-state index is 11.4. The Morgan fingerprint density at radius 2 is 2.39 bits per heavy atom. The van der Waals surface area contributed by atoms with E-state index >= 15 is 0 Å². The van der Waals surface area contributed by atoms with Gasteiger partial charge in [0, 0.05) is 18.5 Å². The lowest BCUT2D eigenvalue weighted by atomic mass is 10.2. The van der Waals surface area contributed by atoms with Gasteiger partial charge >= 0.3 is 5.97 Å². The van der Waals surface area contributed by atoms with Crippen LogP contribution in [0.4, 0.5) is 5.13 Å². The Morgan fingerprint density at radius 1 is 1.67 bits per heavy atom. The summed E-state index contributed by atoms with van der Waals surface area (Å²) in [5, 5.41) is 2.94. The standard InChI is InChI=1S/C13H20N2O2S/c1-4-17-12(16)7-11-8-18-13(14-11)15(3)9(2)10-5-6-10/h8-10H,4-7H2,1-3H3. The van der Waals surface area contributed by atoms with E-state index in [1.807, 2.05) is 12.3 Å². The van der Waals surface area contributed by atoms with Crippen molar-refractivity contribution in [1.29, 1.82) is 0 Å². The molecule has 2 rings (SSSR count). The molecule has 0 N–H and O–H groups in total. The number of hydrogen-bond donors (Lipinski definition) is 0. The molecule has 4 nitrogen and oxygen atoms in total. The quantitative estimate of drug-likeness (QED) is 0.743. The number of rotatable bonds is 6. The molecule has 1 atom stereocenters. The molecular weight excluding hydrogens is 248 g/mol. The van der Waals surface area contributed by atoms with Gasteiger partial charge in [-0.1, -0.05) is 0 Å². The van der Waals surface area contributed by atoms with E-state index in [4.69, 9.17) is 4.74 Å². The van der Waals surface area contributed by atoms with Crippen LogP contribution >= 0.6 is 11.3 Å². The van der Waals surface area contributed by atoms with Crippen LogP contribution in [0.5, 0.6) is 0 Å². The average Bonchev–Trinajstić information content (AvgIpc) is 3.09. The Bertz CT molecular complexity index is 415. The maximum atomic E-state index is 11.4. The number of thiazole rings is 1. The molecule has 0 saturated heterocycles. The number of carbonyl (C=O) groups is 1. The van der Waals surface area contributed by atoms with Crippen molar-refractivity contribution < 1.29 is 9.53 Å². The number of hydrogen-bond acceptors (Lipinski definition) is 5. The zero-order chi connectivity index (χ0) is 13.1. The first-order valence-corrected chi connectivity index (χ1v) is 7.32. The molecule has 100 valence electrons. The van der Waals surface area contributed by atoms with Gasteiger partial charge in [-0.3, -0.25) is 4.79 Å². The highest BCUT2D eigenvalue weighted by molar-refractivity contribution is 7.13. The van der Waals surface area contributed by atoms with Crippen LogP contribution in [0.2, 0.25) is 0 Å². The summed E-state index contributed by atoms with van der Waals surface area (Å²) in [5.74, 6) is 0.611. The molecule has 18 heavy (non-hydrogen) atoms. The van der Waals surface area contributed by atoms with E-state index in [1.165, 1.54) is 12.8 Å². The molecule has 1 aromatic rings. The largest absolute Gasteiger partial charge is 0.466 e. The molecule has 5 heteroatoms. The molecule has 1 heterocycles. The molecular formula is C13H20N2O2S. The van der Waals surface area contributed by atoms with Gasteiger partial charge in [0.2, 0.25) is 0 Å². The monoisotopic (exact) mass is 268 g/mol. The maximum Gasteiger partial charge on any atom is 0.311 e. The molecule has 0 radical (unpaired) electrons. The fourth-order valence-electron chi connectivity index (χ4n) is 1.97. The summed E-state index contributed by atoms with van der Waals surface area (Å²) in [5.41, 5.74) is 0.809. The molecule has 0 aliphatic heterocycles. The van der Waals surface area contributed by atoms with Gasteiger partial charge in [0.05, 0.1) is 18.7 Å². The lowest BCUT2D eigenvalue weighted by Gasteiger charge is -2.23. The zero-order valence-electron chi connectivity index (χ0n) is 11.2.